The molecule has 0 fully saturated rings. The van der Waals surface area contributed by atoms with E-state index in [1.807, 2.05) is 0 Å². The van der Waals surface area contributed by atoms with Crippen LogP contribution in [0.1, 0.15) is 25.6 Å². The summed E-state index contributed by atoms with van der Waals surface area (Å²) in [6, 6.07) is 3.13. The number of halogens is 1. The van der Waals surface area contributed by atoms with E-state index in [-0.39, 0.29) is 18.5 Å². The largest absolute Gasteiger partial charge is 0.395 e. The van der Waals surface area contributed by atoms with E-state index in [9.17, 15) is 4.39 Å². The molecule has 0 aromatic carbocycles. The van der Waals surface area contributed by atoms with E-state index in [1.165, 1.54) is 12.3 Å². The first-order valence-corrected chi connectivity index (χ1v) is 5.11. The summed E-state index contributed by atoms with van der Waals surface area (Å²) in [5.74, 6) is 0.0120. The van der Waals surface area contributed by atoms with Crippen molar-refractivity contribution >= 4 is 0 Å². The van der Waals surface area contributed by atoms with Crippen molar-refractivity contribution in [1.82, 2.24) is 10.3 Å². The monoisotopic (exact) mass is 212 g/mol. The van der Waals surface area contributed by atoms with Gasteiger partial charge in [-0.3, -0.25) is 4.98 Å². The summed E-state index contributed by atoms with van der Waals surface area (Å²) >= 11 is 0. The number of hydrogen-bond acceptors (Lipinski definition) is 3. The molecule has 1 heterocycles. The Morgan fingerprint density at radius 1 is 1.47 bits per heavy atom. The third kappa shape index (κ3) is 3.57. The van der Waals surface area contributed by atoms with Crippen LogP contribution in [0.15, 0.2) is 18.3 Å². The van der Waals surface area contributed by atoms with Crippen LogP contribution >= 0.6 is 0 Å². The van der Waals surface area contributed by atoms with Crippen molar-refractivity contribution in [3.63, 3.8) is 0 Å². The Morgan fingerprint density at radius 2 is 2.20 bits per heavy atom. The molecule has 1 atom stereocenters. The molecule has 0 aliphatic rings. The van der Waals surface area contributed by atoms with E-state index in [0.717, 1.165) is 5.69 Å². The normalized spacial score (nSPS) is 13.1. The maximum absolute atomic E-state index is 12.7. The van der Waals surface area contributed by atoms with Gasteiger partial charge in [0.1, 0.15) is 5.82 Å². The van der Waals surface area contributed by atoms with Crippen LogP contribution in [-0.2, 0) is 0 Å². The molecule has 4 heteroatoms. The van der Waals surface area contributed by atoms with Gasteiger partial charge in [0.2, 0.25) is 0 Å². The van der Waals surface area contributed by atoms with Crippen molar-refractivity contribution in [3.05, 3.63) is 29.8 Å². The van der Waals surface area contributed by atoms with Crippen molar-refractivity contribution in [1.29, 1.82) is 0 Å². The molecule has 15 heavy (non-hydrogen) atoms. The Bertz CT molecular complexity index is 287. The fourth-order valence-electron chi connectivity index (χ4n) is 1.47. The fraction of sp³-hybridized carbons (Fsp3) is 0.545. The second-order valence-electron chi connectivity index (χ2n) is 3.80. The Balaban J connectivity index is 2.74. The summed E-state index contributed by atoms with van der Waals surface area (Å²) in [4.78, 5) is 4.03. The predicted molar refractivity (Wildman–Crippen MR) is 56.9 cm³/mol. The van der Waals surface area contributed by atoms with E-state index >= 15 is 0 Å². The van der Waals surface area contributed by atoms with Gasteiger partial charge < -0.3 is 10.4 Å². The minimum absolute atomic E-state index is 0.0535. The molecule has 0 saturated carbocycles. The number of nitrogens with zero attached hydrogens (tertiary/aromatic N) is 1. The van der Waals surface area contributed by atoms with Crippen molar-refractivity contribution in [2.24, 2.45) is 5.92 Å². The van der Waals surface area contributed by atoms with Gasteiger partial charge in [-0.15, -0.1) is 0 Å². The molecule has 3 nitrogen and oxygen atoms in total. The van der Waals surface area contributed by atoms with Gasteiger partial charge in [-0.1, -0.05) is 13.8 Å². The van der Waals surface area contributed by atoms with Crippen molar-refractivity contribution < 1.29 is 9.50 Å². The maximum atomic E-state index is 12.7. The first kappa shape index (κ1) is 12.1. The molecule has 2 N–H and O–H groups in total. The molecule has 1 aromatic rings. The van der Waals surface area contributed by atoms with Gasteiger partial charge >= 0.3 is 0 Å². The molecular weight excluding hydrogens is 195 g/mol. The lowest BCUT2D eigenvalue weighted by Crippen LogP contribution is -2.29. The highest BCUT2D eigenvalue weighted by molar-refractivity contribution is 5.10. The highest BCUT2D eigenvalue weighted by Gasteiger charge is 2.15. The minimum Gasteiger partial charge on any atom is -0.395 e. The summed E-state index contributed by atoms with van der Waals surface area (Å²) in [5, 5.41) is 11.9. The van der Waals surface area contributed by atoms with Gasteiger partial charge in [-0.2, -0.15) is 0 Å². The molecule has 1 aromatic heterocycles. The lowest BCUT2D eigenvalue weighted by atomic mass is 10.0. The zero-order valence-electron chi connectivity index (χ0n) is 9.07. The van der Waals surface area contributed by atoms with E-state index in [0.29, 0.717) is 12.5 Å². The number of aliphatic hydroxyl groups is 1. The van der Waals surface area contributed by atoms with E-state index < -0.39 is 0 Å². The van der Waals surface area contributed by atoms with Gasteiger partial charge in [0.05, 0.1) is 24.5 Å². The van der Waals surface area contributed by atoms with Crippen LogP contribution in [-0.4, -0.2) is 23.2 Å². The number of rotatable bonds is 5. The quantitative estimate of drug-likeness (QED) is 0.777. The molecule has 0 bridgehead atoms. The molecule has 1 unspecified atom stereocenters. The fourth-order valence-corrected chi connectivity index (χ4v) is 1.47. The third-order valence-corrected chi connectivity index (χ3v) is 2.21. The Labute approximate surface area is 89.4 Å². The van der Waals surface area contributed by atoms with Crippen LogP contribution in [0.3, 0.4) is 0 Å². The molecule has 1 rings (SSSR count). The number of aromatic nitrogens is 1. The standard InChI is InChI=1S/C11H17FN2O/c1-8(2)11(13-5-6-15)10-4-3-9(12)7-14-10/h3-4,7-8,11,13,15H,5-6H2,1-2H3. The van der Waals surface area contributed by atoms with Crippen molar-refractivity contribution in [2.75, 3.05) is 13.2 Å². The number of pyridine rings is 1. The third-order valence-electron chi connectivity index (χ3n) is 2.21. The first-order chi connectivity index (χ1) is 7.15. The molecule has 0 radical (unpaired) electrons. The molecule has 0 aliphatic carbocycles. The van der Waals surface area contributed by atoms with Crippen LogP contribution in [0, 0.1) is 11.7 Å². The zero-order valence-corrected chi connectivity index (χ0v) is 9.07. The molecule has 0 spiro atoms. The molecule has 0 amide bonds. The smallest absolute Gasteiger partial charge is 0.141 e. The SMILES string of the molecule is CC(C)C(NCCO)c1ccc(F)cn1. The van der Waals surface area contributed by atoms with Crippen LogP contribution < -0.4 is 5.32 Å². The number of nitrogens with one attached hydrogen (secondary N) is 1. The minimum atomic E-state index is -0.330. The number of hydrogen-bond donors (Lipinski definition) is 2. The van der Waals surface area contributed by atoms with Gasteiger partial charge in [0.25, 0.3) is 0 Å². The summed E-state index contributed by atoms with van der Waals surface area (Å²) in [6.45, 7) is 4.71. The van der Waals surface area contributed by atoms with Crippen molar-refractivity contribution in [3.8, 4) is 0 Å². The maximum Gasteiger partial charge on any atom is 0.141 e. The topological polar surface area (TPSA) is 45.1 Å². The lowest BCUT2D eigenvalue weighted by molar-refractivity contribution is 0.273. The summed E-state index contributed by atoms with van der Waals surface area (Å²) in [5.41, 5.74) is 0.805. The van der Waals surface area contributed by atoms with E-state index in [1.54, 1.807) is 6.07 Å². The summed E-state index contributed by atoms with van der Waals surface area (Å²) in [7, 11) is 0. The highest BCUT2D eigenvalue weighted by Crippen LogP contribution is 2.19. The Morgan fingerprint density at radius 3 is 2.67 bits per heavy atom. The molecular formula is C11H17FN2O. The van der Waals surface area contributed by atoms with E-state index in [2.05, 4.69) is 24.1 Å². The summed E-state index contributed by atoms with van der Waals surface area (Å²) in [6.07, 6.45) is 1.21. The van der Waals surface area contributed by atoms with Gasteiger partial charge in [-0.25, -0.2) is 4.39 Å². The second-order valence-corrected chi connectivity index (χ2v) is 3.80. The Hall–Kier alpha value is -1.00. The summed E-state index contributed by atoms with van der Waals surface area (Å²) < 4.78 is 12.7. The van der Waals surface area contributed by atoms with Gasteiger partial charge in [0, 0.05) is 6.54 Å². The second kappa shape index (κ2) is 5.78. The van der Waals surface area contributed by atoms with E-state index in [4.69, 9.17) is 5.11 Å². The van der Waals surface area contributed by atoms with Gasteiger partial charge in [0.15, 0.2) is 0 Å². The zero-order chi connectivity index (χ0) is 11.3. The van der Waals surface area contributed by atoms with Crippen LogP contribution in [0.25, 0.3) is 0 Å². The lowest BCUT2D eigenvalue weighted by Gasteiger charge is -2.21. The van der Waals surface area contributed by atoms with Crippen molar-refractivity contribution in [2.45, 2.75) is 19.9 Å². The molecule has 0 saturated heterocycles. The predicted octanol–water partition coefficient (Wildman–Crippen LogP) is 1.50. The Kier molecular flexibility index (Phi) is 4.65. The highest BCUT2D eigenvalue weighted by atomic mass is 19.1. The average Bonchev–Trinajstić information content (AvgIpc) is 2.21. The van der Waals surface area contributed by atoms with Crippen LogP contribution in [0.4, 0.5) is 4.39 Å². The molecule has 0 aliphatic heterocycles. The average molecular weight is 212 g/mol. The van der Waals surface area contributed by atoms with Gasteiger partial charge in [-0.05, 0) is 18.1 Å². The number of aliphatic hydroxyl groups excluding tert-OH is 1. The first-order valence-electron chi connectivity index (χ1n) is 5.11. The molecule has 84 valence electrons. The van der Waals surface area contributed by atoms with Crippen LogP contribution in [0.2, 0.25) is 0 Å². The van der Waals surface area contributed by atoms with Crippen LogP contribution in [0.5, 0.6) is 0 Å².